The van der Waals surface area contributed by atoms with Crippen molar-refractivity contribution in [3.63, 3.8) is 0 Å². The van der Waals surface area contributed by atoms with Gasteiger partial charge in [0.25, 0.3) is 5.56 Å². The summed E-state index contributed by atoms with van der Waals surface area (Å²) in [6, 6.07) is 11.5. The Balaban J connectivity index is 1.59. The Morgan fingerprint density at radius 2 is 2.00 bits per heavy atom. The Hall–Kier alpha value is -3.33. The van der Waals surface area contributed by atoms with Crippen molar-refractivity contribution in [1.82, 2.24) is 14.5 Å². The molecule has 0 saturated carbocycles. The third-order valence-corrected chi connectivity index (χ3v) is 6.61. The monoisotopic (exact) mass is 439 g/mol. The fraction of sp³-hybridized carbons (Fsp3) is 0.318. The number of carbonyl (C=O) groups is 1. The Labute approximate surface area is 183 Å². The number of benzene rings is 1. The zero-order valence-corrected chi connectivity index (χ0v) is 18.2. The fourth-order valence-electron chi connectivity index (χ4n) is 3.88. The summed E-state index contributed by atoms with van der Waals surface area (Å²) in [7, 11) is 0. The molecule has 3 N–H and O–H groups in total. The first kappa shape index (κ1) is 20.9. The average molecular weight is 440 g/mol. The molecular weight excluding hydrogens is 414 g/mol. The molecule has 162 valence electrons. The SMILES string of the molecule is CCN(CC(=O)N1CCc2sccc2C1)c1c(N)n(Cc2ccccc2)c(=O)[nH]c1=O. The summed E-state index contributed by atoms with van der Waals surface area (Å²) >= 11 is 1.72. The van der Waals surface area contributed by atoms with Crippen LogP contribution in [0.2, 0.25) is 0 Å². The number of anilines is 2. The first-order valence-corrected chi connectivity index (χ1v) is 11.1. The van der Waals surface area contributed by atoms with E-state index in [4.69, 9.17) is 5.73 Å². The molecule has 0 atom stereocenters. The van der Waals surface area contributed by atoms with Gasteiger partial charge in [0.15, 0.2) is 0 Å². The number of aromatic nitrogens is 2. The van der Waals surface area contributed by atoms with Gasteiger partial charge in [-0.25, -0.2) is 4.79 Å². The highest BCUT2D eigenvalue weighted by molar-refractivity contribution is 7.10. The van der Waals surface area contributed by atoms with Crippen LogP contribution < -0.4 is 21.9 Å². The van der Waals surface area contributed by atoms with Crippen LogP contribution in [0.25, 0.3) is 0 Å². The predicted octanol–water partition coefficient (Wildman–Crippen LogP) is 1.64. The van der Waals surface area contributed by atoms with Crippen molar-refractivity contribution in [3.8, 4) is 0 Å². The molecule has 3 heterocycles. The molecule has 1 aliphatic heterocycles. The third kappa shape index (κ3) is 4.27. The van der Waals surface area contributed by atoms with E-state index in [1.807, 2.05) is 47.5 Å². The second-order valence-electron chi connectivity index (χ2n) is 7.51. The van der Waals surface area contributed by atoms with E-state index in [2.05, 4.69) is 11.1 Å². The molecule has 1 aromatic carbocycles. The van der Waals surface area contributed by atoms with Gasteiger partial charge in [0, 0.05) is 24.5 Å². The van der Waals surface area contributed by atoms with Gasteiger partial charge in [-0.1, -0.05) is 30.3 Å². The van der Waals surface area contributed by atoms with E-state index in [0.29, 0.717) is 19.6 Å². The number of aromatic amines is 1. The third-order valence-electron chi connectivity index (χ3n) is 5.58. The van der Waals surface area contributed by atoms with Crippen molar-refractivity contribution in [1.29, 1.82) is 0 Å². The summed E-state index contributed by atoms with van der Waals surface area (Å²) in [6.45, 7) is 3.74. The maximum Gasteiger partial charge on any atom is 0.330 e. The minimum Gasteiger partial charge on any atom is -0.383 e. The number of nitrogen functional groups attached to an aromatic ring is 1. The van der Waals surface area contributed by atoms with E-state index in [1.165, 1.54) is 15.0 Å². The Kier molecular flexibility index (Phi) is 5.94. The number of thiophene rings is 1. The van der Waals surface area contributed by atoms with Crippen LogP contribution in [0.3, 0.4) is 0 Å². The number of nitrogens with one attached hydrogen (secondary N) is 1. The number of amides is 1. The second kappa shape index (κ2) is 8.81. The summed E-state index contributed by atoms with van der Waals surface area (Å²) in [5.41, 5.74) is 7.35. The fourth-order valence-corrected chi connectivity index (χ4v) is 4.77. The van der Waals surface area contributed by atoms with Crippen molar-refractivity contribution in [2.24, 2.45) is 0 Å². The zero-order valence-electron chi connectivity index (χ0n) is 17.3. The molecule has 0 unspecified atom stereocenters. The number of hydrogen-bond acceptors (Lipinski definition) is 6. The molecule has 9 heteroatoms. The molecule has 8 nitrogen and oxygen atoms in total. The highest BCUT2D eigenvalue weighted by atomic mass is 32.1. The zero-order chi connectivity index (χ0) is 22.0. The lowest BCUT2D eigenvalue weighted by Crippen LogP contribution is -2.45. The molecule has 0 bridgehead atoms. The first-order valence-electron chi connectivity index (χ1n) is 10.2. The largest absolute Gasteiger partial charge is 0.383 e. The van der Waals surface area contributed by atoms with Gasteiger partial charge < -0.3 is 15.5 Å². The van der Waals surface area contributed by atoms with Crippen molar-refractivity contribution < 1.29 is 4.79 Å². The number of rotatable bonds is 6. The average Bonchev–Trinajstić information content (AvgIpc) is 3.24. The molecule has 0 radical (unpaired) electrons. The van der Waals surface area contributed by atoms with Crippen molar-refractivity contribution in [2.75, 3.05) is 30.3 Å². The molecule has 0 aliphatic carbocycles. The molecule has 0 fully saturated rings. The summed E-state index contributed by atoms with van der Waals surface area (Å²) in [5.74, 6) is -0.00988. The molecule has 1 amide bonds. The van der Waals surface area contributed by atoms with Gasteiger partial charge in [-0.2, -0.15) is 0 Å². The van der Waals surface area contributed by atoms with Gasteiger partial charge in [0.05, 0.1) is 13.1 Å². The Bertz CT molecular complexity index is 1200. The Morgan fingerprint density at radius 1 is 1.23 bits per heavy atom. The van der Waals surface area contributed by atoms with Gasteiger partial charge in [0.1, 0.15) is 11.5 Å². The first-order chi connectivity index (χ1) is 15.0. The molecule has 4 rings (SSSR count). The highest BCUT2D eigenvalue weighted by Gasteiger charge is 2.25. The van der Waals surface area contributed by atoms with Crippen LogP contribution >= 0.6 is 11.3 Å². The molecule has 0 spiro atoms. The minimum absolute atomic E-state index is 0.0206. The van der Waals surface area contributed by atoms with Crippen molar-refractivity contribution in [3.05, 3.63) is 78.6 Å². The highest BCUT2D eigenvalue weighted by Crippen LogP contribution is 2.24. The van der Waals surface area contributed by atoms with E-state index in [9.17, 15) is 14.4 Å². The van der Waals surface area contributed by atoms with E-state index in [0.717, 1.165) is 12.0 Å². The summed E-state index contributed by atoms with van der Waals surface area (Å²) < 4.78 is 1.33. The van der Waals surface area contributed by atoms with Gasteiger partial charge in [-0.05, 0) is 35.9 Å². The number of nitrogens with two attached hydrogens (primary N) is 1. The lowest BCUT2D eigenvalue weighted by molar-refractivity contribution is -0.130. The predicted molar refractivity (Wildman–Crippen MR) is 123 cm³/mol. The molecular formula is C22H25N5O3S. The van der Waals surface area contributed by atoms with Crippen LogP contribution in [0.15, 0.2) is 51.4 Å². The van der Waals surface area contributed by atoms with Gasteiger partial charge in [-0.3, -0.25) is 19.1 Å². The van der Waals surface area contributed by atoms with Gasteiger partial charge >= 0.3 is 5.69 Å². The normalized spacial score (nSPS) is 13.1. The van der Waals surface area contributed by atoms with Crippen LogP contribution in [0, 0.1) is 0 Å². The maximum atomic E-state index is 13.0. The maximum absolute atomic E-state index is 13.0. The van der Waals surface area contributed by atoms with Crippen LogP contribution in [0.5, 0.6) is 0 Å². The number of nitrogens with zero attached hydrogens (tertiary/aromatic N) is 3. The number of hydrogen-bond donors (Lipinski definition) is 2. The molecule has 3 aromatic rings. The van der Waals surface area contributed by atoms with E-state index in [1.54, 1.807) is 16.2 Å². The summed E-state index contributed by atoms with van der Waals surface area (Å²) in [4.78, 5) is 45.2. The summed E-state index contributed by atoms with van der Waals surface area (Å²) in [6.07, 6.45) is 0.843. The standard InChI is InChI=1S/C22H25N5O3S/c1-2-25(14-18(28)26-10-8-17-16(13-26)9-11-31-17)19-20(23)27(22(30)24-21(19)29)12-15-6-4-3-5-7-15/h3-7,9,11H,2,8,10,12-14,23H2,1H3,(H,24,29,30). The van der Waals surface area contributed by atoms with Gasteiger partial charge in [-0.15, -0.1) is 11.3 Å². The second-order valence-corrected chi connectivity index (χ2v) is 8.51. The molecule has 2 aromatic heterocycles. The molecule has 31 heavy (non-hydrogen) atoms. The van der Waals surface area contributed by atoms with Crippen molar-refractivity contribution in [2.45, 2.75) is 26.4 Å². The lowest BCUT2D eigenvalue weighted by atomic mass is 10.1. The van der Waals surface area contributed by atoms with Gasteiger partial charge in [0.2, 0.25) is 5.91 Å². The Morgan fingerprint density at radius 3 is 2.74 bits per heavy atom. The van der Waals surface area contributed by atoms with E-state index < -0.39 is 11.2 Å². The number of likely N-dealkylation sites (N-methyl/N-ethyl adjacent to an activating group) is 1. The lowest BCUT2D eigenvalue weighted by Gasteiger charge is -2.30. The topological polar surface area (TPSA) is 104 Å². The quantitative estimate of drug-likeness (QED) is 0.608. The summed E-state index contributed by atoms with van der Waals surface area (Å²) in [5, 5.41) is 2.05. The molecule has 0 saturated heterocycles. The van der Waals surface area contributed by atoms with Crippen molar-refractivity contribution >= 4 is 28.7 Å². The smallest absolute Gasteiger partial charge is 0.330 e. The van der Waals surface area contributed by atoms with Crippen LogP contribution in [0.4, 0.5) is 11.5 Å². The van der Waals surface area contributed by atoms with Crippen LogP contribution in [0.1, 0.15) is 22.9 Å². The van der Waals surface area contributed by atoms with Crippen LogP contribution in [-0.2, 0) is 24.3 Å². The number of fused-ring (bicyclic) bond motifs is 1. The molecule has 1 aliphatic rings. The van der Waals surface area contributed by atoms with Crippen LogP contribution in [-0.4, -0.2) is 40.0 Å². The minimum atomic E-state index is -0.583. The van der Waals surface area contributed by atoms with E-state index >= 15 is 0 Å². The number of carbonyl (C=O) groups excluding carboxylic acids is 1. The number of H-pyrrole nitrogens is 1. The van der Waals surface area contributed by atoms with E-state index in [-0.39, 0.29) is 30.5 Å².